The van der Waals surface area contributed by atoms with Gasteiger partial charge in [-0.25, -0.2) is 18.1 Å². The Kier molecular flexibility index (Phi) is 5.11. The van der Waals surface area contributed by atoms with E-state index >= 15 is 0 Å². The van der Waals surface area contributed by atoms with E-state index in [1.807, 2.05) is 0 Å². The standard InChI is InChI=1S/C13H16N4O3S2/c1-9(18)16-10-3-5-12(6-4-10)22(19,20)15-7-11-8-21-13(14-2)17-11/h3-6,8,15H,7H2,1-2H3,(H,14,17)(H,16,18). The highest BCUT2D eigenvalue weighted by Crippen LogP contribution is 2.16. The molecule has 22 heavy (non-hydrogen) atoms. The molecule has 0 atom stereocenters. The summed E-state index contributed by atoms with van der Waals surface area (Å²) in [5, 5.41) is 7.99. The molecule has 1 amide bonds. The van der Waals surface area contributed by atoms with Crippen molar-refractivity contribution in [3.05, 3.63) is 35.3 Å². The molecule has 0 bridgehead atoms. The summed E-state index contributed by atoms with van der Waals surface area (Å²) >= 11 is 1.41. The SMILES string of the molecule is CNc1nc(CNS(=O)(=O)c2ccc(NC(C)=O)cc2)cs1. The summed E-state index contributed by atoms with van der Waals surface area (Å²) in [5.74, 6) is -0.211. The first-order chi connectivity index (χ1) is 10.4. The largest absolute Gasteiger partial charge is 0.365 e. The minimum absolute atomic E-state index is 0.119. The molecule has 0 fully saturated rings. The topological polar surface area (TPSA) is 100 Å². The predicted octanol–water partition coefficient (Wildman–Crippen LogP) is 1.62. The number of aromatic nitrogens is 1. The third kappa shape index (κ3) is 4.26. The van der Waals surface area contributed by atoms with E-state index in [0.717, 1.165) is 5.13 Å². The number of sulfonamides is 1. The van der Waals surface area contributed by atoms with Crippen LogP contribution in [-0.4, -0.2) is 26.4 Å². The molecule has 7 nitrogen and oxygen atoms in total. The van der Waals surface area contributed by atoms with E-state index in [9.17, 15) is 13.2 Å². The second-order valence-corrected chi connectivity index (χ2v) is 7.05. The molecule has 118 valence electrons. The van der Waals surface area contributed by atoms with E-state index in [2.05, 4.69) is 20.3 Å². The Balaban J connectivity index is 2.04. The van der Waals surface area contributed by atoms with Gasteiger partial charge in [-0.05, 0) is 24.3 Å². The fraction of sp³-hybridized carbons (Fsp3) is 0.231. The zero-order chi connectivity index (χ0) is 16.2. The van der Waals surface area contributed by atoms with E-state index in [-0.39, 0.29) is 17.3 Å². The minimum atomic E-state index is -3.62. The summed E-state index contributed by atoms with van der Waals surface area (Å²) in [6.07, 6.45) is 0. The third-order valence-electron chi connectivity index (χ3n) is 2.69. The lowest BCUT2D eigenvalue weighted by molar-refractivity contribution is -0.114. The molecule has 3 N–H and O–H groups in total. The number of anilines is 2. The molecule has 2 rings (SSSR count). The summed E-state index contributed by atoms with van der Waals surface area (Å²) in [5.41, 5.74) is 1.19. The molecule has 9 heteroatoms. The monoisotopic (exact) mass is 340 g/mol. The summed E-state index contributed by atoms with van der Waals surface area (Å²) < 4.78 is 26.8. The lowest BCUT2D eigenvalue weighted by Crippen LogP contribution is -2.23. The maximum atomic E-state index is 12.2. The van der Waals surface area contributed by atoms with Gasteiger partial charge in [0, 0.05) is 25.0 Å². The number of rotatable bonds is 6. The van der Waals surface area contributed by atoms with Gasteiger partial charge >= 0.3 is 0 Å². The molecule has 0 aliphatic rings. The second kappa shape index (κ2) is 6.86. The van der Waals surface area contributed by atoms with Crippen molar-refractivity contribution in [3.63, 3.8) is 0 Å². The third-order valence-corrected chi connectivity index (χ3v) is 5.02. The minimum Gasteiger partial charge on any atom is -0.365 e. The van der Waals surface area contributed by atoms with Crippen LogP contribution in [-0.2, 0) is 21.4 Å². The van der Waals surface area contributed by atoms with Crippen molar-refractivity contribution >= 4 is 38.1 Å². The van der Waals surface area contributed by atoms with Crippen LogP contribution < -0.4 is 15.4 Å². The van der Waals surface area contributed by atoms with Gasteiger partial charge in [0.2, 0.25) is 15.9 Å². The fourth-order valence-corrected chi connectivity index (χ4v) is 3.35. The number of thiazole rings is 1. The summed E-state index contributed by atoms with van der Waals surface area (Å²) in [6, 6.07) is 5.96. The lowest BCUT2D eigenvalue weighted by Gasteiger charge is -2.07. The first kappa shape index (κ1) is 16.4. The van der Waals surface area contributed by atoms with Gasteiger partial charge in [0.1, 0.15) is 0 Å². The Hall–Kier alpha value is -1.97. The van der Waals surface area contributed by atoms with Gasteiger partial charge in [-0.15, -0.1) is 11.3 Å². The average molecular weight is 340 g/mol. The Morgan fingerprint density at radius 3 is 2.50 bits per heavy atom. The molecular weight excluding hydrogens is 324 g/mol. The normalized spacial score (nSPS) is 11.2. The number of hydrogen-bond donors (Lipinski definition) is 3. The lowest BCUT2D eigenvalue weighted by atomic mass is 10.3. The highest BCUT2D eigenvalue weighted by atomic mass is 32.2. The molecule has 0 saturated heterocycles. The number of carbonyl (C=O) groups is 1. The molecule has 1 aromatic heterocycles. The number of amides is 1. The second-order valence-electron chi connectivity index (χ2n) is 4.42. The number of carbonyl (C=O) groups excluding carboxylic acids is 1. The summed E-state index contributed by atoms with van der Waals surface area (Å²) in [6.45, 7) is 1.51. The highest BCUT2D eigenvalue weighted by Gasteiger charge is 2.14. The Labute approximate surface area is 132 Å². The van der Waals surface area contributed by atoms with Crippen molar-refractivity contribution in [2.24, 2.45) is 0 Å². The van der Waals surface area contributed by atoms with Crippen molar-refractivity contribution in [1.29, 1.82) is 0 Å². The van der Waals surface area contributed by atoms with E-state index in [1.165, 1.54) is 42.5 Å². The van der Waals surface area contributed by atoms with Crippen LogP contribution >= 0.6 is 11.3 Å². The van der Waals surface area contributed by atoms with Crippen LogP contribution in [0.4, 0.5) is 10.8 Å². The van der Waals surface area contributed by atoms with Gasteiger partial charge in [0.15, 0.2) is 5.13 Å². The van der Waals surface area contributed by atoms with E-state index in [4.69, 9.17) is 0 Å². The zero-order valence-corrected chi connectivity index (χ0v) is 13.7. The predicted molar refractivity (Wildman–Crippen MR) is 86.4 cm³/mol. The molecule has 1 aromatic carbocycles. The van der Waals surface area contributed by atoms with Crippen LogP contribution in [0, 0.1) is 0 Å². The highest BCUT2D eigenvalue weighted by molar-refractivity contribution is 7.89. The Bertz CT molecular complexity index is 754. The van der Waals surface area contributed by atoms with Gasteiger partial charge in [-0.2, -0.15) is 0 Å². The van der Waals surface area contributed by atoms with Gasteiger partial charge < -0.3 is 10.6 Å². The molecule has 0 aliphatic heterocycles. The van der Waals surface area contributed by atoms with Crippen LogP contribution in [0.3, 0.4) is 0 Å². The van der Waals surface area contributed by atoms with Crippen LogP contribution in [0.25, 0.3) is 0 Å². The first-order valence-electron chi connectivity index (χ1n) is 6.40. The fourth-order valence-electron chi connectivity index (χ4n) is 1.68. The maximum absolute atomic E-state index is 12.2. The number of hydrogen-bond acceptors (Lipinski definition) is 6. The molecule has 0 aliphatic carbocycles. The number of nitrogens with one attached hydrogen (secondary N) is 3. The van der Waals surface area contributed by atoms with Gasteiger partial charge in [-0.1, -0.05) is 0 Å². The molecule has 0 unspecified atom stereocenters. The number of benzene rings is 1. The first-order valence-corrected chi connectivity index (χ1v) is 8.76. The molecular formula is C13H16N4O3S2. The average Bonchev–Trinajstić information content (AvgIpc) is 2.93. The quantitative estimate of drug-likeness (QED) is 0.742. The van der Waals surface area contributed by atoms with Crippen molar-refractivity contribution < 1.29 is 13.2 Å². The van der Waals surface area contributed by atoms with Crippen molar-refractivity contribution in [3.8, 4) is 0 Å². The van der Waals surface area contributed by atoms with Crippen LogP contribution in [0.5, 0.6) is 0 Å². The molecule has 0 spiro atoms. The van der Waals surface area contributed by atoms with Crippen LogP contribution in [0.1, 0.15) is 12.6 Å². The smallest absolute Gasteiger partial charge is 0.240 e. The molecule has 1 heterocycles. The number of nitrogens with zero attached hydrogens (tertiary/aromatic N) is 1. The molecule has 2 aromatic rings. The van der Waals surface area contributed by atoms with E-state index < -0.39 is 10.0 Å². The molecule has 0 radical (unpaired) electrons. The maximum Gasteiger partial charge on any atom is 0.240 e. The van der Waals surface area contributed by atoms with E-state index in [1.54, 1.807) is 12.4 Å². The van der Waals surface area contributed by atoms with Crippen LogP contribution in [0.15, 0.2) is 34.5 Å². The van der Waals surface area contributed by atoms with Gasteiger partial charge in [-0.3, -0.25) is 4.79 Å². The summed E-state index contributed by atoms with van der Waals surface area (Å²) in [4.78, 5) is 15.3. The zero-order valence-electron chi connectivity index (χ0n) is 12.1. The van der Waals surface area contributed by atoms with E-state index in [0.29, 0.717) is 11.4 Å². The van der Waals surface area contributed by atoms with Gasteiger partial charge in [0.05, 0.1) is 17.1 Å². The van der Waals surface area contributed by atoms with Crippen LogP contribution in [0.2, 0.25) is 0 Å². The van der Waals surface area contributed by atoms with Gasteiger partial charge in [0.25, 0.3) is 0 Å². The Morgan fingerprint density at radius 2 is 1.95 bits per heavy atom. The van der Waals surface area contributed by atoms with Crippen molar-refractivity contribution in [2.45, 2.75) is 18.4 Å². The van der Waals surface area contributed by atoms with Crippen molar-refractivity contribution in [1.82, 2.24) is 9.71 Å². The molecule has 0 saturated carbocycles. The Morgan fingerprint density at radius 1 is 1.27 bits per heavy atom. The van der Waals surface area contributed by atoms with Crippen molar-refractivity contribution in [2.75, 3.05) is 17.7 Å². The summed E-state index contributed by atoms with van der Waals surface area (Å²) in [7, 11) is -1.87.